The zero-order chi connectivity index (χ0) is 12.5. The van der Waals surface area contributed by atoms with Gasteiger partial charge in [0.1, 0.15) is 10.6 Å². The summed E-state index contributed by atoms with van der Waals surface area (Å²) in [6.45, 7) is 0. The summed E-state index contributed by atoms with van der Waals surface area (Å²) in [5, 5.41) is 1.88. The van der Waals surface area contributed by atoms with Crippen LogP contribution in [-0.2, 0) is 0 Å². The average molecular weight is 258 g/mol. The number of hydrogen-bond acceptors (Lipinski definition) is 3. The molecule has 1 aromatic carbocycles. The molecule has 0 aliphatic heterocycles. The number of hydrogen-bond donors (Lipinski definition) is 0. The molecule has 2 nitrogen and oxygen atoms in total. The molecule has 2 aromatic rings. The maximum absolute atomic E-state index is 12.3. The molecule has 1 fully saturated rings. The smallest absolute Gasteiger partial charge is 0.206 e. The van der Waals surface area contributed by atoms with Gasteiger partial charge in [-0.2, -0.15) is 0 Å². The zero-order valence-corrected chi connectivity index (χ0v) is 11.0. The lowest BCUT2D eigenvalue weighted by molar-refractivity contribution is 0.104. The molecule has 1 saturated carbocycles. The molecule has 3 heteroatoms. The number of carbonyl (C=O) groups excluding carboxylic acids is 1. The Hall–Kier alpha value is -1.61. The Morgan fingerprint density at radius 1 is 1.22 bits per heavy atom. The molecule has 0 unspecified atom stereocenters. The van der Waals surface area contributed by atoms with E-state index in [-0.39, 0.29) is 5.78 Å². The van der Waals surface area contributed by atoms with E-state index in [9.17, 15) is 4.79 Å². The Morgan fingerprint density at radius 3 is 2.56 bits per heavy atom. The molecule has 0 atom stereocenters. The summed E-state index contributed by atoms with van der Waals surface area (Å²) in [5.74, 6) is 1.44. The van der Waals surface area contributed by atoms with Gasteiger partial charge in [0.25, 0.3) is 0 Å². The molecule has 1 aliphatic rings. The third kappa shape index (κ3) is 2.06. The molecule has 0 spiro atoms. The summed E-state index contributed by atoms with van der Waals surface area (Å²) in [6.07, 6.45) is 2.57. The predicted molar refractivity (Wildman–Crippen MR) is 72.7 cm³/mol. The quantitative estimate of drug-likeness (QED) is 0.778. The van der Waals surface area contributed by atoms with Crippen molar-refractivity contribution in [3.05, 3.63) is 51.7 Å². The summed E-state index contributed by atoms with van der Waals surface area (Å²) >= 11 is 1.43. The molecular formula is C15H14O2S. The molecule has 1 heterocycles. The third-order valence-electron chi connectivity index (χ3n) is 3.28. The summed E-state index contributed by atoms with van der Waals surface area (Å²) in [6, 6.07) is 9.83. The summed E-state index contributed by atoms with van der Waals surface area (Å²) < 4.78 is 5.19. The van der Waals surface area contributed by atoms with Crippen LogP contribution in [0.2, 0.25) is 0 Å². The van der Waals surface area contributed by atoms with Crippen LogP contribution in [0.15, 0.2) is 35.7 Å². The van der Waals surface area contributed by atoms with E-state index in [1.54, 1.807) is 7.11 Å². The van der Waals surface area contributed by atoms with Gasteiger partial charge in [0.2, 0.25) is 5.78 Å². The van der Waals surface area contributed by atoms with Gasteiger partial charge in [-0.25, -0.2) is 0 Å². The van der Waals surface area contributed by atoms with Crippen LogP contribution in [0.25, 0.3) is 0 Å². The fourth-order valence-electron chi connectivity index (χ4n) is 2.08. The second kappa shape index (κ2) is 4.58. The van der Waals surface area contributed by atoms with Crippen LogP contribution in [-0.4, -0.2) is 12.9 Å². The van der Waals surface area contributed by atoms with E-state index in [0.717, 1.165) is 11.5 Å². The normalized spacial score (nSPS) is 14.5. The SMILES string of the molecule is COc1ccsc1C(=O)c1ccc(C2CC2)cc1. The van der Waals surface area contributed by atoms with Crippen LogP contribution in [0.5, 0.6) is 5.75 Å². The van der Waals surface area contributed by atoms with Crippen LogP contribution < -0.4 is 4.74 Å². The standard InChI is InChI=1S/C15H14O2S/c1-17-13-8-9-18-15(13)14(16)12-6-4-11(5-7-12)10-2-3-10/h4-10H,2-3H2,1H3. The number of thiophene rings is 1. The molecule has 0 N–H and O–H groups in total. The number of rotatable bonds is 4. The van der Waals surface area contributed by atoms with Gasteiger partial charge in [-0.1, -0.05) is 24.3 Å². The number of benzene rings is 1. The third-order valence-corrected chi connectivity index (χ3v) is 4.17. The Balaban J connectivity index is 1.87. The highest BCUT2D eigenvalue weighted by Gasteiger charge is 2.23. The highest BCUT2D eigenvalue weighted by Crippen LogP contribution is 2.40. The second-order valence-corrected chi connectivity index (χ2v) is 5.46. The van der Waals surface area contributed by atoms with Gasteiger partial charge in [-0.3, -0.25) is 4.79 Å². The molecule has 3 rings (SSSR count). The van der Waals surface area contributed by atoms with Crippen molar-refractivity contribution in [3.8, 4) is 5.75 Å². The minimum atomic E-state index is 0.0456. The first kappa shape index (κ1) is 11.5. The zero-order valence-electron chi connectivity index (χ0n) is 10.2. The highest BCUT2D eigenvalue weighted by molar-refractivity contribution is 7.12. The van der Waals surface area contributed by atoms with Crippen molar-refractivity contribution >= 4 is 17.1 Å². The summed E-state index contributed by atoms with van der Waals surface area (Å²) in [7, 11) is 1.59. The monoisotopic (exact) mass is 258 g/mol. The first-order valence-electron chi connectivity index (χ1n) is 6.05. The molecule has 0 radical (unpaired) electrons. The lowest BCUT2D eigenvalue weighted by Gasteiger charge is -2.03. The lowest BCUT2D eigenvalue weighted by atomic mass is 10.0. The van der Waals surface area contributed by atoms with E-state index in [1.165, 1.54) is 29.7 Å². The molecule has 0 bridgehead atoms. The first-order valence-corrected chi connectivity index (χ1v) is 6.93. The molecule has 18 heavy (non-hydrogen) atoms. The molecule has 1 aliphatic carbocycles. The van der Waals surface area contributed by atoms with E-state index in [1.807, 2.05) is 23.6 Å². The van der Waals surface area contributed by atoms with Crippen molar-refractivity contribution in [3.63, 3.8) is 0 Å². The second-order valence-electron chi connectivity index (χ2n) is 4.54. The lowest BCUT2D eigenvalue weighted by Crippen LogP contribution is -2.00. The maximum atomic E-state index is 12.3. The topological polar surface area (TPSA) is 26.3 Å². The Bertz CT molecular complexity index is 564. The van der Waals surface area contributed by atoms with Crippen LogP contribution in [0.4, 0.5) is 0 Å². The van der Waals surface area contributed by atoms with E-state index < -0.39 is 0 Å². The Kier molecular flexibility index (Phi) is 2.92. The molecule has 1 aromatic heterocycles. The van der Waals surface area contributed by atoms with Crippen molar-refractivity contribution in [1.82, 2.24) is 0 Å². The Labute approximate surface area is 110 Å². The fraction of sp³-hybridized carbons (Fsp3) is 0.267. The van der Waals surface area contributed by atoms with Crippen molar-refractivity contribution in [1.29, 1.82) is 0 Å². The average Bonchev–Trinajstić information content (AvgIpc) is 3.16. The van der Waals surface area contributed by atoms with Crippen LogP contribution in [0, 0.1) is 0 Å². The number of carbonyl (C=O) groups is 1. The molecular weight excluding hydrogens is 244 g/mol. The first-order chi connectivity index (χ1) is 8.79. The van der Waals surface area contributed by atoms with Gasteiger partial charge in [0.05, 0.1) is 7.11 Å². The van der Waals surface area contributed by atoms with Crippen LogP contribution in [0.3, 0.4) is 0 Å². The van der Waals surface area contributed by atoms with Gasteiger partial charge in [-0.15, -0.1) is 11.3 Å². The highest BCUT2D eigenvalue weighted by atomic mass is 32.1. The number of methoxy groups -OCH3 is 1. The minimum absolute atomic E-state index is 0.0456. The molecule has 92 valence electrons. The van der Waals surface area contributed by atoms with Gasteiger partial charge in [0.15, 0.2) is 0 Å². The van der Waals surface area contributed by atoms with Crippen LogP contribution in [0.1, 0.15) is 39.6 Å². The molecule has 0 saturated heterocycles. The van der Waals surface area contributed by atoms with Crippen molar-refractivity contribution < 1.29 is 9.53 Å². The van der Waals surface area contributed by atoms with E-state index in [0.29, 0.717) is 10.6 Å². The molecule has 0 amide bonds. The maximum Gasteiger partial charge on any atom is 0.206 e. The van der Waals surface area contributed by atoms with Crippen molar-refractivity contribution in [2.24, 2.45) is 0 Å². The van der Waals surface area contributed by atoms with Crippen molar-refractivity contribution in [2.75, 3.05) is 7.11 Å². The summed E-state index contributed by atoms with van der Waals surface area (Å²) in [4.78, 5) is 13.0. The van der Waals surface area contributed by atoms with Gasteiger partial charge in [0, 0.05) is 5.56 Å². The van der Waals surface area contributed by atoms with E-state index >= 15 is 0 Å². The number of ether oxygens (including phenoxy) is 1. The van der Waals surface area contributed by atoms with E-state index in [4.69, 9.17) is 4.74 Å². The van der Waals surface area contributed by atoms with Gasteiger partial charge < -0.3 is 4.74 Å². The number of ketones is 1. The minimum Gasteiger partial charge on any atom is -0.495 e. The van der Waals surface area contributed by atoms with E-state index in [2.05, 4.69) is 12.1 Å². The Morgan fingerprint density at radius 2 is 1.94 bits per heavy atom. The van der Waals surface area contributed by atoms with Crippen LogP contribution >= 0.6 is 11.3 Å². The predicted octanol–water partition coefficient (Wildman–Crippen LogP) is 3.87. The largest absolute Gasteiger partial charge is 0.495 e. The van der Waals surface area contributed by atoms with Gasteiger partial charge >= 0.3 is 0 Å². The van der Waals surface area contributed by atoms with Gasteiger partial charge in [-0.05, 0) is 35.8 Å². The summed E-state index contributed by atoms with van der Waals surface area (Å²) in [5.41, 5.74) is 2.09. The van der Waals surface area contributed by atoms with Crippen molar-refractivity contribution in [2.45, 2.75) is 18.8 Å². The fourth-order valence-corrected chi connectivity index (χ4v) is 2.90.